The van der Waals surface area contributed by atoms with Gasteiger partial charge in [0.1, 0.15) is 5.82 Å². The quantitative estimate of drug-likeness (QED) is 0.680. The number of aryl methyl sites for hydroxylation is 3. The van der Waals surface area contributed by atoms with Crippen LogP contribution in [-0.2, 0) is 6.54 Å². The van der Waals surface area contributed by atoms with Gasteiger partial charge in [-0.05, 0) is 74.9 Å². The fraction of sp³-hybridized carbons (Fsp3) is 0.375. The minimum atomic E-state index is -0.00781. The summed E-state index contributed by atoms with van der Waals surface area (Å²) >= 11 is 0. The second kappa shape index (κ2) is 8.69. The molecule has 0 unspecified atom stereocenters. The van der Waals surface area contributed by atoms with E-state index in [2.05, 4.69) is 40.6 Å². The summed E-state index contributed by atoms with van der Waals surface area (Å²) in [5, 5.41) is 3.04. The van der Waals surface area contributed by atoms with Crippen molar-refractivity contribution in [1.82, 2.24) is 19.4 Å². The Bertz CT molecular complexity index is 1020. The Balaban J connectivity index is 1.36. The van der Waals surface area contributed by atoms with Gasteiger partial charge in [-0.1, -0.05) is 6.07 Å². The maximum Gasteiger partial charge on any atom is 0.321 e. The molecule has 30 heavy (non-hydrogen) atoms. The Labute approximate surface area is 178 Å². The van der Waals surface area contributed by atoms with Crippen molar-refractivity contribution in [3.8, 4) is 11.4 Å². The van der Waals surface area contributed by atoms with Crippen molar-refractivity contribution in [2.45, 2.75) is 40.2 Å². The van der Waals surface area contributed by atoms with E-state index in [-0.39, 0.29) is 6.03 Å². The first-order valence-electron chi connectivity index (χ1n) is 10.6. The molecule has 1 fully saturated rings. The second-order valence-electron chi connectivity index (χ2n) is 8.24. The van der Waals surface area contributed by atoms with Crippen LogP contribution in [0.25, 0.3) is 11.4 Å². The van der Waals surface area contributed by atoms with Gasteiger partial charge >= 0.3 is 6.03 Å². The van der Waals surface area contributed by atoms with Crippen molar-refractivity contribution in [1.29, 1.82) is 0 Å². The lowest BCUT2D eigenvalue weighted by molar-refractivity contribution is 0.177. The van der Waals surface area contributed by atoms with Crippen molar-refractivity contribution >= 4 is 11.7 Å². The molecule has 1 aromatic carbocycles. The van der Waals surface area contributed by atoms with Crippen molar-refractivity contribution < 1.29 is 4.79 Å². The molecule has 1 N–H and O–H groups in total. The van der Waals surface area contributed by atoms with Crippen LogP contribution in [0.4, 0.5) is 10.5 Å². The van der Waals surface area contributed by atoms with Crippen LogP contribution in [0.3, 0.4) is 0 Å². The van der Waals surface area contributed by atoms with Gasteiger partial charge in [-0.15, -0.1) is 0 Å². The van der Waals surface area contributed by atoms with Gasteiger partial charge in [0.15, 0.2) is 0 Å². The van der Waals surface area contributed by atoms with Crippen molar-refractivity contribution in [2.24, 2.45) is 5.92 Å². The average Bonchev–Trinajstić information content (AvgIpc) is 3.12. The minimum Gasteiger partial charge on any atom is -0.328 e. The number of urea groups is 1. The molecular formula is C24H29N5O. The highest BCUT2D eigenvalue weighted by Crippen LogP contribution is 2.25. The van der Waals surface area contributed by atoms with Gasteiger partial charge in [0.25, 0.3) is 0 Å². The lowest BCUT2D eigenvalue weighted by atomic mass is 9.96. The zero-order chi connectivity index (χ0) is 21.1. The summed E-state index contributed by atoms with van der Waals surface area (Å²) in [6, 6.07) is 10.0. The first-order chi connectivity index (χ1) is 14.5. The van der Waals surface area contributed by atoms with Gasteiger partial charge < -0.3 is 14.8 Å². The number of pyridine rings is 1. The molecular weight excluding hydrogens is 374 g/mol. The SMILES string of the molecule is Cc1ccc(NC(=O)N2CCC(Cn3c(C)cnc3-c3cccnc3)CC2)cc1C. The fourth-order valence-corrected chi connectivity index (χ4v) is 4.02. The standard InChI is InChI=1S/C24H29N5O/c1-17-6-7-22(13-18(17)2)27-24(30)28-11-8-20(9-12-28)16-29-19(3)14-26-23(29)21-5-4-10-25-15-21/h4-7,10,13-15,20H,8-9,11-12,16H2,1-3H3,(H,27,30). The number of carbonyl (C=O) groups excluding carboxylic acids is 1. The summed E-state index contributed by atoms with van der Waals surface area (Å²) in [7, 11) is 0. The van der Waals surface area contributed by atoms with Crippen molar-refractivity contribution in [3.63, 3.8) is 0 Å². The van der Waals surface area contributed by atoms with Gasteiger partial charge in [-0.2, -0.15) is 0 Å². The Kier molecular flexibility index (Phi) is 5.84. The summed E-state index contributed by atoms with van der Waals surface area (Å²) in [5.41, 5.74) is 5.47. The summed E-state index contributed by atoms with van der Waals surface area (Å²) < 4.78 is 2.28. The number of piperidine rings is 1. The number of nitrogens with zero attached hydrogens (tertiary/aromatic N) is 4. The molecule has 1 aliphatic rings. The number of nitrogens with one attached hydrogen (secondary N) is 1. The molecule has 0 radical (unpaired) electrons. The van der Waals surface area contributed by atoms with E-state index >= 15 is 0 Å². The molecule has 1 saturated heterocycles. The Morgan fingerprint density at radius 2 is 1.90 bits per heavy atom. The smallest absolute Gasteiger partial charge is 0.321 e. The summed E-state index contributed by atoms with van der Waals surface area (Å²) in [6.45, 7) is 8.71. The van der Waals surface area contributed by atoms with Crippen LogP contribution in [0.1, 0.15) is 29.7 Å². The predicted octanol–water partition coefficient (Wildman–Crippen LogP) is 4.81. The van der Waals surface area contributed by atoms with Crippen molar-refractivity contribution in [3.05, 3.63) is 65.7 Å². The molecule has 0 spiro atoms. The first-order valence-corrected chi connectivity index (χ1v) is 10.6. The first kappa shape index (κ1) is 20.1. The Morgan fingerprint density at radius 1 is 1.10 bits per heavy atom. The van der Waals surface area contributed by atoms with Gasteiger partial charge in [0.05, 0.1) is 0 Å². The fourth-order valence-electron chi connectivity index (χ4n) is 4.02. The number of hydrogen-bond donors (Lipinski definition) is 1. The normalized spacial score (nSPS) is 14.7. The summed E-state index contributed by atoms with van der Waals surface area (Å²) in [4.78, 5) is 23.4. The highest BCUT2D eigenvalue weighted by atomic mass is 16.2. The van der Waals surface area contributed by atoms with E-state index in [0.29, 0.717) is 5.92 Å². The second-order valence-corrected chi connectivity index (χ2v) is 8.24. The van der Waals surface area contributed by atoms with E-state index in [9.17, 15) is 4.79 Å². The van der Waals surface area contributed by atoms with Crippen LogP contribution in [0.2, 0.25) is 0 Å². The van der Waals surface area contributed by atoms with Gasteiger partial charge in [0.2, 0.25) is 0 Å². The number of aromatic nitrogens is 3. The van der Waals surface area contributed by atoms with Crippen LogP contribution >= 0.6 is 0 Å². The molecule has 6 heteroatoms. The van der Waals surface area contributed by atoms with E-state index in [1.807, 2.05) is 47.6 Å². The maximum absolute atomic E-state index is 12.7. The molecule has 0 saturated carbocycles. The number of carbonyl (C=O) groups is 1. The van der Waals surface area contributed by atoms with Crippen molar-refractivity contribution in [2.75, 3.05) is 18.4 Å². The van der Waals surface area contributed by atoms with E-state index in [0.717, 1.165) is 55.2 Å². The third-order valence-electron chi connectivity index (χ3n) is 6.08. The maximum atomic E-state index is 12.7. The molecule has 6 nitrogen and oxygen atoms in total. The number of hydrogen-bond acceptors (Lipinski definition) is 3. The molecule has 0 bridgehead atoms. The zero-order valence-corrected chi connectivity index (χ0v) is 17.9. The lowest BCUT2D eigenvalue weighted by Gasteiger charge is -2.32. The highest BCUT2D eigenvalue weighted by Gasteiger charge is 2.24. The highest BCUT2D eigenvalue weighted by molar-refractivity contribution is 5.89. The number of imidazole rings is 1. The molecule has 2 aromatic heterocycles. The van der Waals surface area contributed by atoms with E-state index in [1.165, 1.54) is 11.1 Å². The Morgan fingerprint density at radius 3 is 2.60 bits per heavy atom. The summed E-state index contributed by atoms with van der Waals surface area (Å²) in [6.07, 6.45) is 7.55. The Hall–Kier alpha value is -3.15. The molecule has 4 rings (SSSR count). The largest absolute Gasteiger partial charge is 0.328 e. The molecule has 1 aliphatic heterocycles. The van der Waals surface area contributed by atoms with Crippen LogP contribution in [-0.4, -0.2) is 38.6 Å². The zero-order valence-electron chi connectivity index (χ0n) is 17.9. The number of amides is 2. The third-order valence-corrected chi connectivity index (χ3v) is 6.08. The number of anilines is 1. The van der Waals surface area contributed by atoms with E-state index in [1.54, 1.807) is 6.20 Å². The summed E-state index contributed by atoms with van der Waals surface area (Å²) in [5.74, 6) is 1.49. The number of likely N-dealkylation sites (tertiary alicyclic amines) is 1. The predicted molar refractivity (Wildman–Crippen MR) is 119 cm³/mol. The minimum absolute atomic E-state index is 0.00781. The van der Waals surface area contributed by atoms with Gasteiger partial charge in [0, 0.05) is 55.2 Å². The van der Waals surface area contributed by atoms with Crippen LogP contribution < -0.4 is 5.32 Å². The van der Waals surface area contributed by atoms with E-state index < -0.39 is 0 Å². The molecule has 3 aromatic rings. The lowest BCUT2D eigenvalue weighted by Crippen LogP contribution is -2.41. The van der Waals surface area contributed by atoms with Crippen LogP contribution in [0.15, 0.2) is 48.9 Å². The van der Waals surface area contributed by atoms with Crippen LogP contribution in [0.5, 0.6) is 0 Å². The van der Waals surface area contributed by atoms with Gasteiger partial charge in [-0.3, -0.25) is 4.98 Å². The monoisotopic (exact) mass is 403 g/mol. The number of benzene rings is 1. The van der Waals surface area contributed by atoms with E-state index in [4.69, 9.17) is 0 Å². The third kappa shape index (κ3) is 4.37. The molecule has 0 aliphatic carbocycles. The molecule has 156 valence electrons. The number of rotatable bonds is 4. The molecule has 0 atom stereocenters. The molecule has 3 heterocycles. The average molecular weight is 404 g/mol. The van der Waals surface area contributed by atoms with Gasteiger partial charge in [-0.25, -0.2) is 9.78 Å². The van der Waals surface area contributed by atoms with Crippen LogP contribution in [0, 0.1) is 26.7 Å². The topological polar surface area (TPSA) is 63.1 Å². The molecule has 2 amide bonds.